The van der Waals surface area contributed by atoms with Crippen LogP contribution >= 0.6 is 23.6 Å². The van der Waals surface area contributed by atoms with Crippen molar-refractivity contribution >= 4 is 38.5 Å². The van der Waals surface area contributed by atoms with Crippen molar-refractivity contribution in [3.63, 3.8) is 0 Å². The van der Waals surface area contributed by atoms with Gasteiger partial charge in [-0.15, -0.1) is 11.3 Å². The van der Waals surface area contributed by atoms with Crippen LogP contribution in [0.5, 0.6) is 0 Å². The Balaban J connectivity index is 1.84. The molecule has 0 radical (unpaired) electrons. The van der Waals surface area contributed by atoms with E-state index in [0.717, 1.165) is 0 Å². The van der Waals surface area contributed by atoms with Gasteiger partial charge in [0.2, 0.25) is 0 Å². The maximum absolute atomic E-state index is 11.5. The zero-order chi connectivity index (χ0) is 13.2. The minimum Gasteiger partial charge on any atom is -0.358 e. The minimum absolute atomic E-state index is 0.154. The summed E-state index contributed by atoms with van der Waals surface area (Å²) in [4.78, 5) is 1.20. The van der Waals surface area contributed by atoms with Gasteiger partial charge >= 0.3 is 0 Å². The lowest BCUT2D eigenvalue weighted by Gasteiger charge is -2.25. The quantitative estimate of drug-likeness (QED) is 0.824. The molecule has 1 aliphatic rings. The summed E-state index contributed by atoms with van der Waals surface area (Å²) in [6.07, 6.45) is 0.607. The average Bonchev–Trinajstić information content (AvgIpc) is 2.84. The van der Waals surface area contributed by atoms with Crippen molar-refractivity contribution in [2.75, 3.05) is 11.5 Å². The van der Waals surface area contributed by atoms with Gasteiger partial charge in [0.15, 0.2) is 14.9 Å². The van der Waals surface area contributed by atoms with Crippen LogP contribution in [0.3, 0.4) is 0 Å². The van der Waals surface area contributed by atoms with E-state index in [4.69, 9.17) is 12.2 Å². The predicted octanol–water partition coefficient (Wildman–Crippen LogP) is 1.29. The van der Waals surface area contributed by atoms with E-state index in [1.54, 1.807) is 11.3 Å². The molecule has 1 aliphatic heterocycles. The highest BCUT2D eigenvalue weighted by atomic mass is 32.2. The summed E-state index contributed by atoms with van der Waals surface area (Å²) >= 11 is 6.86. The number of hydrogen-bond donors (Lipinski definition) is 2. The smallest absolute Gasteiger partial charge is 0.167 e. The third kappa shape index (κ3) is 3.66. The normalized spacial score (nSPS) is 25.8. The van der Waals surface area contributed by atoms with E-state index < -0.39 is 15.4 Å². The molecule has 0 saturated carbocycles. The first-order valence-corrected chi connectivity index (χ1v) is 8.78. The largest absolute Gasteiger partial charge is 0.358 e. The Morgan fingerprint density at radius 3 is 2.94 bits per heavy atom. The third-order valence-corrected chi connectivity index (χ3v) is 5.95. The van der Waals surface area contributed by atoms with Crippen LogP contribution in [0.2, 0.25) is 0 Å². The van der Waals surface area contributed by atoms with Crippen LogP contribution in [0.15, 0.2) is 17.5 Å². The first-order valence-electron chi connectivity index (χ1n) is 5.67. The lowest BCUT2D eigenvalue weighted by atomic mass is 10.0. The monoisotopic (exact) mass is 304 g/mol. The van der Waals surface area contributed by atoms with Gasteiger partial charge in [0.1, 0.15) is 0 Å². The molecular weight excluding hydrogens is 288 g/mol. The maximum Gasteiger partial charge on any atom is 0.167 e. The van der Waals surface area contributed by atoms with E-state index in [1.807, 2.05) is 24.4 Å². The molecule has 1 aromatic heterocycles. The molecule has 0 aromatic carbocycles. The minimum atomic E-state index is -2.91. The maximum atomic E-state index is 11.5. The second-order valence-corrected chi connectivity index (χ2v) is 8.41. The number of thiophene rings is 1. The molecule has 0 spiro atoms. The van der Waals surface area contributed by atoms with Gasteiger partial charge in [0.05, 0.1) is 23.6 Å². The Morgan fingerprint density at radius 2 is 2.39 bits per heavy atom. The number of nitrogens with one attached hydrogen (secondary N) is 2. The van der Waals surface area contributed by atoms with Crippen LogP contribution < -0.4 is 10.6 Å². The van der Waals surface area contributed by atoms with Crippen molar-refractivity contribution in [3.05, 3.63) is 22.4 Å². The Bertz CT molecular complexity index is 524. The summed E-state index contributed by atoms with van der Waals surface area (Å²) in [5, 5.41) is 8.75. The SMILES string of the molecule is CC1(NC(=S)NCc2cccs2)CCS(=O)(=O)C1. The van der Waals surface area contributed by atoms with Crippen molar-refractivity contribution < 1.29 is 8.42 Å². The molecule has 1 atom stereocenters. The van der Waals surface area contributed by atoms with Gasteiger partial charge < -0.3 is 10.6 Å². The predicted molar refractivity (Wildman–Crippen MR) is 78.6 cm³/mol. The molecule has 100 valence electrons. The Hall–Kier alpha value is -0.660. The van der Waals surface area contributed by atoms with Crippen LogP contribution in [-0.4, -0.2) is 30.6 Å². The van der Waals surface area contributed by atoms with Gasteiger partial charge in [0, 0.05) is 4.88 Å². The first kappa shape index (κ1) is 13.8. The highest BCUT2D eigenvalue weighted by Crippen LogP contribution is 2.22. The lowest BCUT2D eigenvalue weighted by molar-refractivity contribution is 0.468. The topological polar surface area (TPSA) is 58.2 Å². The van der Waals surface area contributed by atoms with Gasteiger partial charge in [0.25, 0.3) is 0 Å². The molecular formula is C11H16N2O2S3. The van der Waals surface area contributed by atoms with E-state index in [-0.39, 0.29) is 11.5 Å². The number of sulfone groups is 1. The highest BCUT2D eigenvalue weighted by molar-refractivity contribution is 7.91. The summed E-state index contributed by atoms with van der Waals surface area (Å²) in [6.45, 7) is 2.57. The van der Waals surface area contributed by atoms with Crippen molar-refractivity contribution in [3.8, 4) is 0 Å². The van der Waals surface area contributed by atoms with E-state index in [2.05, 4.69) is 10.6 Å². The van der Waals surface area contributed by atoms with Crippen LogP contribution in [0, 0.1) is 0 Å². The molecule has 2 N–H and O–H groups in total. The molecule has 1 aromatic rings. The van der Waals surface area contributed by atoms with Gasteiger partial charge in [-0.05, 0) is 37.0 Å². The van der Waals surface area contributed by atoms with E-state index in [1.165, 1.54) is 4.88 Å². The van der Waals surface area contributed by atoms with E-state index in [0.29, 0.717) is 18.1 Å². The number of rotatable bonds is 3. The highest BCUT2D eigenvalue weighted by Gasteiger charge is 2.38. The van der Waals surface area contributed by atoms with Gasteiger partial charge in [-0.3, -0.25) is 0 Å². The van der Waals surface area contributed by atoms with Crippen LogP contribution in [0.25, 0.3) is 0 Å². The zero-order valence-electron chi connectivity index (χ0n) is 10.1. The molecule has 1 unspecified atom stereocenters. The summed E-state index contributed by atoms with van der Waals surface area (Å²) in [5.41, 5.74) is -0.432. The standard InChI is InChI=1S/C11H16N2O2S3/c1-11(4-6-18(14,15)8-11)13-10(16)12-7-9-3-2-5-17-9/h2-3,5H,4,6-8H2,1H3,(H2,12,13,16). The van der Waals surface area contributed by atoms with Crippen LogP contribution in [-0.2, 0) is 16.4 Å². The fraction of sp³-hybridized carbons (Fsp3) is 0.545. The van der Waals surface area contributed by atoms with Gasteiger partial charge in [-0.1, -0.05) is 6.07 Å². The van der Waals surface area contributed by atoms with Gasteiger partial charge in [-0.25, -0.2) is 8.42 Å². The van der Waals surface area contributed by atoms with E-state index >= 15 is 0 Å². The summed E-state index contributed by atoms with van der Waals surface area (Å²) in [5.74, 6) is 0.394. The van der Waals surface area contributed by atoms with E-state index in [9.17, 15) is 8.42 Å². The molecule has 2 heterocycles. The number of hydrogen-bond acceptors (Lipinski definition) is 4. The Kier molecular flexibility index (Phi) is 3.93. The van der Waals surface area contributed by atoms with Gasteiger partial charge in [-0.2, -0.15) is 0 Å². The van der Waals surface area contributed by atoms with Crippen LogP contribution in [0.1, 0.15) is 18.2 Å². The molecule has 18 heavy (non-hydrogen) atoms. The van der Waals surface area contributed by atoms with Crippen molar-refractivity contribution in [1.29, 1.82) is 0 Å². The molecule has 0 bridgehead atoms. The number of thiocarbonyl (C=S) groups is 1. The molecule has 2 rings (SSSR count). The fourth-order valence-electron chi connectivity index (χ4n) is 2.01. The van der Waals surface area contributed by atoms with Crippen molar-refractivity contribution in [2.45, 2.75) is 25.4 Å². The lowest BCUT2D eigenvalue weighted by Crippen LogP contribution is -2.50. The molecule has 4 nitrogen and oxygen atoms in total. The van der Waals surface area contributed by atoms with Crippen molar-refractivity contribution in [2.24, 2.45) is 0 Å². The summed E-state index contributed by atoms with van der Waals surface area (Å²) in [7, 11) is -2.91. The second kappa shape index (κ2) is 5.14. The zero-order valence-corrected chi connectivity index (χ0v) is 12.6. The second-order valence-electron chi connectivity index (χ2n) is 4.79. The molecule has 0 amide bonds. The molecule has 7 heteroatoms. The summed E-state index contributed by atoms with van der Waals surface area (Å²) < 4.78 is 22.9. The van der Waals surface area contributed by atoms with Crippen LogP contribution in [0.4, 0.5) is 0 Å². The molecule has 1 saturated heterocycles. The molecule has 0 aliphatic carbocycles. The fourth-order valence-corrected chi connectivity index (χ4v) is 5.06. The average molecular weight is 304 g/mol. The Morgan fingerprint density at radius 1 is 1.61 bits per heavy atom. The first-order chi connectivity index (χ1) is 8.39. The molecule has 1 fully saturated rings. The third-order valence-electron chi connectivity index (χ3n) is 2.92. The Labute approximate surface area is 117 Å². The van der Waals surface area contributed by atoms with Crippen molar-refractivity contribution in [1.82, 2.24) is 10.6 Å². The summed E-state index contributed by atoms with van der Waals surface area (Å²) in [6, 6.07) is 4.02.